The molecule has 17 heavy (non-hydrogen) atoms. The van der Waals surface area contributed by atoms with E-state index in [9.17, 15) is 13.2 Å². The van der Waals surface area contributed by atoms with E-state index in [4.69, 9.17) is 5.84 Å². The summed E-state index contributed by atoms with van der Waals surface area (Å²) in [6, 6.07) is 1.69. The molecule has 1 aliphatic carbocycles. The van der Waals surface area contributed by atoms with Gasteiger partial charge in [0.15, 0.2) is 17.5 Å². The van der Waals surface area contributed by atoms with E-state index in [0.29, 0.717) is 5.92 Å². The Morgan fingerprint density at radius 2 is 1.88 bits per heavy atom. The molecule has 3 N–H and O–H groups in total. The summed E-state index contributed by atoms with van der Waals surface area (Å²) >= 11 is 0. The van der Waals surface area contributed by atoms with Crippen molar-refractivity contribution in [3.8, 4) is 0 Å². The Morgan fingerprint density at radius 1 is 1.24 bits per heavy atom. The van der Waals surface area contributed by atoms with Crippen LogP contribution in [0.4, 0.5) is 13.2 Å². The first-order chi connectivity index (χ1) is 8.06. The van der Waals surface area contributed by atoms with Crippen LogP contribution in [0.15, 0.2) is 12.1 Å². The highest BCUT2D eigenvalue weighted by Crippen LogP contribution is 2.43. The topological polar surface area (TPSA) is 38.0 Å². The van der Waals surface area contributed by atoms with Gasteiger partial charge in [-0.15, -0.1) is 0 Å². The van der Waals surface area contributed by atoms with Crippen LogP contribution in [0.2, 0.25) is 0 Å². The molecule has 0 aliphatic heterocycles. The fourth-order valence-electron chi connectivity index (χ4n) is 2.20. The second-order valence-electron chi connectivity index (χ2n) is 4.61. The average Bonchev–Trinajstić information content (AvgIpc) is 3.13. The lowest BCUT2D eigenvalue weighted by atomic mass is 9.90. The molecule has 2 atom stereocenters. The fourth-order valence-corrected chi connectivity index (χ4v) is 2.20. The van der Waals surface area contributed by atoms with Crippen LogP contribution >= 0.6 is 0 Å². The number of nitrogens with one attached hydrogen (secondary N) is 1. The van der Waals surface area contributed by atoms with E-state index in [1.54, 1.807) is 0 Å². The van der Waals surface area contributed by atoms with E-state index in [-0.39, 0.29) is 11.5 Å². The van der Waals surface area contributed by atoms with Crippen LogP contribution in [0.1, 0.15) is 31.4 Å². The highest BCUT2D eigenvalue weighted by molar-refractivity contribution is 5.24. The van der Waals surface area contributed by atoms with Gasteiger partial charge in [-0.1, -0.05) is 13.0 Å². The van der Waals surface area contributed by atoms with E-state index in [2.05, 4.69) is 5.43 Å². The summed E-state index contributed by atoms with van der Waals surface area (Å²) in [7, 11) is 0. The van der Waals surface area contributed by atoms with Gasteiger partial charge in [0, 0.05) is 5.56 Å². The van der Waals surface area contributed by atoms with Crippen molar-refractivity contribution >= 4 is 0 Å². The van der Waals surface area contributed by atoms with Crippen molar-refractivity contribution in [3.63, 3.8) is 0 Å². The Balaban J connectivity index is 2.33. The predicted octanol–water partition coefficient (Wildman–Crippen LogP) is 2.65. The van der Waals surface area contributed by atoms with Gasteiger partial charge in [0.05, 0.1) is 6.04 Å². The van der Waals surface area contributed by atoms with Crippen molar-refractivity contribution < 1.29 is 13.2 Å². The van der Waals surface area contributed by atoms with Crippen LogP contribution in [-0.4, -0.2) is 0 Å². The molecule has 1 aromatic rings. The maximum absolute atomic E-state index is 13.6. The molecule has 5 heteroatoms. The fraction of sp³-hybridized carbons (Fsp3) is 0.500. The van der Waals surface area contributed by atoms with Gasteiger partial charge in [-0.05, 0) is 30.7 Å². The molecule has 2 nitrogen and oxygen atoms in total. The van der Waals surface area contributed by atoms with E-state index >= 15 is 0 Å². The molecule has 1 aromatic carbocycles. The summed E-state index contributed by atoms with van der Waals surface area (Å²) < 4.78 is 39.6. The zero-order valence-electron chi connectivity index (χ0n) is 9.51. The van der Waals surface area contributed by atoms with Crippen LogP contribution in [0, 0.1) is 29.3 Å². The largest absolute Gasteiger partial charge is 0.271 e. The lowest BCUT2D eigenvalue weighted by Gasteiger charge is -2.24. The number of rotatable bonds is 4. The van der Waals surface area contributed by atoms with Crippen molar-refractivity contribution in [2.45, 2.75) is 25.8 Å². The Bertz CT molecular complexity index is 418. The molecule has 0 amide bonds. The summed E-state index contributed by atoms with van der Waals surface area (Å²) in [6.07, 6.45) is 2.15. The number of benzene rings is 1. The molecule has 1 saturated carbocycles. The minimum Gasteiger partial charge on any atom is -0.271 e. The zero-order chi connectivity index (χ0) is 12.6. The van der Waals surface area contributed by atoms with Gasteiger partial charge in [0.25, 0.3) is 0 Å². The molecule has 2 unspecified atom stereocenters. The Labute approximate surface area is 98.0 Å². The maximum Gasteiger partial charge on any atom is 0.194 e. The zero-order valence-corrected chi connectivity index (χ0v) is 9.51. The summed E-state index contributed by atoms with van der Waals surface area (Å²) in [5.41, 5.74) is 2.59. The number of nitrogens with two attached hydrogens (primary N) is 1. The van der Waals surface area contributed by atoms with Gasteiger partial charge < -0.3 is 0 Å². The SMILES string of the molecule is CC(C1CC1)C(NN)c1ccc(F)c(F)c1F. The molecular formula is C12H15F3N2. The number of hydrogen-bond acceptors (Lipinski definition) is 2. The van der Waals surface area contributed by atoms with Crippen LogP contribution in [-0.2, 0) is 0 Å². The van der Waals surface area contributed by atoms with Gasteiger partial charge in [-0.2, -0.15) is 0 Å². The molecule has 1 aliphatic rings. The van der Waals surface area contributed by atoms with Crippen molar-refractivity contribution in [1.82, 2.24) is 5.43 Å². The van der Waals surface area contributed by atoms with Gasteiger partial charge in [0.2, 0.25) is 0 Å². The quantitative estimate of drug-likeness (QED) is 0.485. The third-order valence-corrected chi connectivity index (χ3v) is 3.47. The van der Waals surface area contributed by atoms with Crippen molar-refractivity contribution in [1.29, 1.82) is 0 Å². The predicted molar refractivity (Wildman–Crippen MR) is 58.3 cm³/mol. The molecule has 0 aromatic heterocycles. The van der Waals surface area contributed by atoms with E-state index in [1.165, 1.54) is 6.07 Å². The van der Waals surface area contributed by atoms with Crippen LogP contribution in [0.3, 0.4) is 0 Å². The normalized spacial score (nSPS) is 19.1. The number of hydrazine groups is 1. The molecular weight excluding hydrogens is 229 g/mol. The van der Waals surface area contributed by atoms with Gasteiger partial charge >= 0.3 is 0 Å². The van der Waals surface area contributed by atoms with E-state index in [1.807, 2.05) is 6.92 Å². The molecule has 1 fully saturated rings. The third-order valence-electron chi connectivity index (χ3n) is 3.47. The minimum atomic E-state index is -1.44. The molecule has 0 radical (unpaired) electrons. The second-order valence-corrected chi connectivity index (χ2v) is 4.61. The molecule has 0 saturated heterocycles. The molecule has 0 bridgehead atoms. The highest BCUT2D eigenvalue weighted by Gasteiger charge is 2.35. The van der Waals surface area contributed by atoms with Crippen LogP contribution in [0.5, 0.6) is 0 Å². The van der Waals surface area contributed by atoms with E-state index < -0.39 is 23.5 Å². The molecule has 0 spiro atoms. The Morgan fingerprint density at radius 3 is 2.41 bits per heavy atom. The highest BCUT2D eigenvalue weighted by atomic mass is 19.2. The number of halogens is 3. The van der Waals surface area contributed by atoms with Gasteiger partial charge in [-0.25, -0.2) is 13.2 Å². The Hall–Kier alpha value is -1.07. The summed E-state index contributed by atoms with van der Waals surface area (Å²) in [6.45, 7) is 1.93. The molecule has 0 heterocycles. The summed E-state index contributed by atoms with van der Waals surface area (Å²) in [5, 5.41) is 0. The van der Waals surface area contributed by atoms with Crippen LogP contribution in [0.25, 0.3) is 0 Å². The first-order valence-corrected chi connectivity index (χ1v) is 5.65. The van der Waals surface area contributed by atoms with E-state index in [0.717, 1.165) is 18.9 Å². The molecule has 2 rings (SSSR count). The lowest BCUT2D eigenvalue weighted by molar-refractivity contribution is 0.336. The average molecular weight is 244 g/mol. The summed E-state index contributed by atoms with van der Waals surface area (Å²) in [5.74, 6) is 2.20. The standard InChI is InChI=1S/C12H15F3N2/c1-6(7-2-3-7)12(17-16)8-4-5-9(13)11(15)10(8)14/h4-7,12,17H,2-3,16H2,1H3. The molecule has 94 valence electrons. The van der Waals surface area contributed by atoms with Crippen molar-refractivity contribution in [2.75, 3.05) is 0 Å². The van der Waals surface area contributed by atoms with Gasteiger partial charge in [0.1, 0.15) is 0 Å². The smallest absolute Gasteiger partial charge is 0.194 e. The minimum absolute atomic E-state index is 0.0887. The Kier molecular flexibility index (Phi) is 3.40. The third kappa shape index (κ3) is 2.30. The lowest BCUT2D eigenvalue weighted by Crippen LogP contribution is -2.34. The first-order valence-electron chi connectivity index (χ1n) is 5.65. The number of hydrogen-bond donors (Lipinski definition) is 2. The van der Waals surface area contributed by atoms with Crippen LogP contribution < -0.4 is 11.3 Å². The second kappa shape index (κ2) is 4.66. The van der Waals surface area contributed by atoms with Crippen molar-refractivity contribution in [2.24, 2.45) is 17.7 Å². The maximum atomic E-state index is 13.6. The monoisotopic (exact) mass is 244 g/mol. The van der Waals surface area contributed by atoms with Gasteiger partial charge in [-0.3, -0.25) is 11.3 Å². The first kappa shape index (κ1) is 12.4. The van der Waals surface area contributed by atoms with Crippen molar-refractivity contribution in [3.05, 3.63) is 35.1 Å². The summed E-state index contributed by atoms with van der Waals surface area (Å²) in [4.78, 5) is 0.